The fourth-order valence-corrected chi connectivity index (χ4v) is 2.97. The molecule has 0 spiro atoms. The van der Waals surface area contributed by atoms with Gasteiger partial charge in [0.05, 0.1) is 13.2 Å². The number of hydrogen-bond acceptors (Lipinski definition) is 3. The Kier molecular flexibility index (Phi) is 6.52. The molecule has 0 heterocycles. The molecule has 1 aliphatic rings. The Hall–Kier alpha value is -1.06. The average molecular weight is 292 g/mol. The van der Waals surface area contributed by atoms with Gasteiger partial charge in [-0.3, -0.25) is 0 Å². The molecule has 0 aliphatic heterocycles. The molecule has 0 saturated heterocycles. The lowest BCUT2D eigenvalue weighted by atomic mass is 9.87. The Bertz CT molecular complexity index is 430. The predicted molar refractivity (Wildman–Crippen MR) is 84.8 cm³/mol. The molecule has 2 atom stereocenters. The predicted octanol–water partition coefficient (Wildman–Crippen LogP) is 4.03. The Morgan fingerprint density at radius 3 is 2.76 bits per heavy atom. The molecule has 1 aromatic rings. The van der Waals surface area contributed by atoms with Crippen molar-refractivity contribution >= 4 is 0 Å². The summed E-state index contributed by atoms with van der Waals surface area (Å²) in [6.45, 7) is 2.98. The maximum absolute atomic E-state index is 10.5. The summed E-state index contributed by atoms with van der Waals surface area (Å²) in [6.07, 6.45) is 7.43. The molecule has 2 rings (SSSR count). The van der Waals surface area contributed by atoms with Crippen molar-refractivity contribution in [2.24, 2.45) is 0 Å². The highest BCUT2D eigenvalue weighted by molar-refractivity contribution is 5.39. The summed E-state index contributed by atoms with van der Waals surface area (Å²) in [5.74, 6) is 0.799. The van der Waals surface area contributed by atoms with Crippen LogP contribution in [0.15, 0.2) is 18.2 Å². The number of aryl methyl sites for hydroxylation is 1. The number of aliphatic hydroxyl groups is 1. The van der Waals surface area contributed by atoms with Gasteiger partial charge in [0, 0.05) is 6.61 Å². The first-order valence-electron chi connectivity index (χ1n) is 8.22. The summed E-state index contributed by atoms with van der Waals surface area (Å²) in [4.78, 5) is 0. The lowest BCUT2D eigenvalue weighted by Gasteiger charge is -2.30. The zero-order chi connectivity index (χ0) is 15.1. The molecular formula is C18H28O3. The van der Waals surface area contributed by atoms with Gasteiger partial charge in [0.1, 0.15) is 11.9 Å². The van der Waals surface area contributed by atoms with Crippen molar-refractivity contribution in [2.45, 2.75) is 64.1 Å². The van der Waals surface area contributed by atoms with E-state index in [1.807, 2.05) is 12.1 Å². The van der Waals surface area contributed by atoms with Crippen molar-refractivity contribution in [3.8, 4) is 5.75 Å². The molecule has 21 heavy (non-hydrogen) atoms. The van der Waals surface area contributed by atoms with E-state index in [2.05, 4.69) is 13.0 Å². The number of aliphatic hydroxyl groups excluding tert-OH is 1. The third kappa shape index (κ3) is 4.45. The van der Waals surface area contributed by atoms with Crippen LogP contribution in [0.3, 0.4) is 0 Å². The summed E-state index contributed by atoms with van der Waals surface area (Å²) < 4.78 is 11.2. The van der Waals surface area contributed by atoms with Gasteiger partial charge in [-0.05, 0) is 42.5 Å². The van der Waals surface area contributed by atoms with E-state index < -0.39 is 6.10 Å². The first kappa shape index (κ1) is 16.3. The average Bonchev–Trinajstić information content (AvgIpc) is 2.52. The highest BCUT2D eigenvalue weighted by atomic mass is 16.5. The lowest BCUT2D eigenvalue weighted by Crippen LogP contribution is -2.28. The van der Waals surface area contributed by atoms with Gasteiger partial charge in [0.15, 0.2) is 0 Å². The smallest absolute Gasteiger partial charge is 0.119 e. The summed E-state index contributed by atoms with van der Waals surface area (Å²) in [7, 11) is 1.65. The van der Waals surface area contributed by atoms with E-state index in [1.54, 1.807) is 7.11 Å². The van der Waals surface area contributed by atoms with Gasteiger partial charge in [0.2, 0.25) is 0 Å². The summed E-state index contributed by atoms with van der Waals surface area (Å²) >= 11 is 0. The minimum atomic E-state index is -0.528. The molecule has 1 aliphatic carbocycles. The first-order valence-corrected chi connectivity index (χ1v) is 8.22. The summed E-state index contributed by atoms with van der Waals surface area (Å²) in [5, 5.41) is 10.5. The van der Waals surface area contributed by atoms with Crippen LogP contribution in [0.1, 0.15) is 62.7 Å². The molecule has 3 heteroatoms. The number of hydrogen-bond donors (Lipinski definition) is 1. The lowest BCUT2D eigenvalue weighted by molar-refractivity contribution is -0.0494. The second-order valence-corrected chi connectivity index (χ2v) is 5.87. The van der Waals surface area contributed by atoms with Crippen LogP contribution < -0.4 is 4.74 Å². The molecule has 0 fully saturated rings. The molecule has 0 amide bonds. The van der Waals surface area contributed by atoms with Crippen molar-refractivity contribution in [1.29, 1.82) is 0 Å². The minimum Gasteiger partial charge on any atom is -0.497 e. The third-order valence-corrected chi connectivity index (χ3v) is 4.30. The van der Waals surface area contributed by atoms with Gasteiger partial charge >= 0.3 is 0 Å². The van der Waals surface area contributed by atoms with Crippen LogP contribution in [-0.2, 0) is 11.2 Å². The van der Waals surface area contributed by atoms with E-state index in [4.69, 9.17) is 9.47 Å². The van der Waals surface area contributed by atoms with Crippen LogP contribution in [0.25, 0.3) is 0 Å². The maximum Gasteiger partial charge on any atom is 0.119 e. The Balaban J connectivity index is 1.83. The zero-order valence-corrected chi connectivity index (χ0v) is 13.3. The quantitative estimate of drug-likeness (QED) is 0.735. The number of unbranched alkanes of at least 4 members (excludes halogenated alkanes) is 4. The van der Waals surface area contributed by atoms with Gasteiger partial charge in [0.25, 0.3) is 0 Å². The molecule has 0 aromatic heterocycles. The minimum absolute atomic E-state index is 0.0734. The van der Waals surface area contributed by atoms with Gasteiger partial charge in [-0.1, -0.05) is 38.7 Å². The van der Waals surface area contributed by atoms with Crippen LogP contribution in [-0.4, -0.2) is 24.9 Å². The van der Waals surface area contributed by atoms with Gasteiger partial charge in [-0.15, -0.1) is 0 Å². The summed E-state index contributed by atoms with van der Waals surface area (Å²) in [5.41, 5.74) is 2.18. The molecule has 0 saturated carbocycles. The summed E-state index contributed by atoms with van der Waals surface area (Å²) in [6, 6.07) is 5.95. The molecular weight excluding hydrogens is 264 g/mol. The number of rotatable bonds is 8. The number of fused-ring (bicyclic) bond motifs is 1. The molecule has 3 nitrogen and oxygen atoms in total. The molecule has 1 aromatic carbocycles. The van der Waals surface area contributed by atoms with Gasteiger partial charge < -0.3 is 14.6 Å². The number of benzene rings is 1. The van der Waals surface area contributed by atoms with Crippen molar-refractivity contribution < 1.29 is 14.6 Å². The second kappa shape index (κ2) is 8.40. The van der Waals surface area contributed by atoms with Crippen molar-refractivity contribution in [3.63, 3.8) is 0 Å². The SMILES string of the molecule is CCCCCCCOC1CCc2ccc(OC)cc2C1O. The van der Waals surface area contributed by atoms with Gasteiger partial charge in [-0.25, -0.2) is 0 Å². The fraction of sp³-hybridized carbons (Fsp3) is 0.667. The largest absolute Gasteiger partial charge is 0.497 e. The van der Waals surface area contributed by atoms with Crippen molar-refractivity contribution in [3.05, 3.63) is 29.3 Å². The molecule has 0 radical (unpaired) electrons. The van der Waals surface area contributed by atoms with E-state index in [9.17, 15) is 5.11 Å². The number of methoxy groups -OCH3 is 1. The van der Waals surface area contributed by atoms with Crippen LogP contribution in [0.2, 0.25) is 0 Å². The van der Waals surface area contributed by atoms with E-state index in [0.717, 1.165) is 37.2 Å². The topological polar surface area (TPSA) is 38.7 Å². The maximum atomic E-state index is 10.5. The van der Waals surface area contributed by atoms with E-state index in [1.165, 1.54) is 31.2 Å². The number of ether oxygens (including phenoxy) is 2. The van der Waals surface area contributed by atoms with Crippen LogP contribution in [0, 0.1) is 0 Å². The first-order chi connectivity index (χ1) is 10.3. The van der Waals surface area contributed by atoms with Crippen LogP contribution in [0.5, 0.6) is 5.75 Å². The molecule has 118 valence electrons. The standard InChI is InChI=1S/C18H28O3/c1-3-4-5-6-7-12-21-17-11-9-14-8-10-15(20-2)13-16(14)18(17)19/h8,10,13,17-19H,3-7,9,11-12H2,1-2H3. The normalized spacial score (nSPS) is 21.1. The van der Waals surface area contributed by atoms with Crippen molar-refractivity contribution in [2.75, 3.05) is 13.7 Å². The zero-order valence-electron chi connectivity index (χ0n) is 13.3. The Morgan fingerprint density at radius 1 is 1.19 bits per heavy atom. The van der Waals surface area contributed by atoms with Crippen LogP contribution in [0.4, 0.5) is 0 Å². The third-order valence-electron chi connectivity index (χ3n) is 4.30. The Labute approximate surface area is 128 Å². The molecule has 1 N–H and O–H groups in total. The van der Waals surface area contributed by atoms with Gasteiger partial charge in [-0.2, -0.15) is 0 Å². The van der Waals surface area contributed by atoms with Crippen molar-refractivity contribution in [1.82, 2.24) is 0 Å². The highest BCUT2D eigenvalue weighted by Gasteiger charge is 2.28. The fourth-order valence-electron chi connectivity index (χ4n) is 2.97. The van der Waals surface area contributed by atoms with Crippen LogP contribution >= 0.6 is 0 Å². The van der Waals surface area contributed by atoms with E-state index >= 15 is 0 Å². The van der Waals surface area contributed by atoms with E-state index in [0.29, 0.717) is 0 Å². The highest BCUT2D eigenvalue weighted by Crippen LogP contribution is 2.34. The molecule has 2 unspecified atom stereocenters. The monoisotopic (exact) mass is 292 g/mol. The Morgan fingerprint density at radius 2 is 2.00 bits per heavy atom. The second-order valence-electron chi connectivity index (χ2n) is 5.87. The van der Waals surface area contributed by atoms with E-state index in [-0.39, 0.29) is 6.10 Å². The molecule has 0 bridgehead atoms.